The zero-order valence-electron chi connectivity index (χ0n) is 9.69. The highest BCUT2D eigenvalue weighted by Crippen LogP contribution is 2.36. The van der Waals surface area contributed by atoms with Crippen molar-refractivity contribution in [2.24, 2.45) is 0 Å². The topological polar surface area (TPSA) is 125 Å². The van der Waals surface area contributed by atoms with Crippen LogP contribution in [0.25, 0.3) is 0 Å². The fourth-order valence-electron chi connectivity index (χ4n) is 2.11. The summed E-state index contributed by atoms with van der Waals surface area (Å²) in [6, 6.07) is 1.12. The number of hydrogen-bond donors (Lipinski definition) is 4. The van der Waals surface area contributed by atoms with Crippen molar-refractivity contribution < 1.29 is 20.1 Å². The van der Waals surface area contributed by atoms with Gasteiger partial charge in [0.05, 0.1) is 11.0 Å². The molecule has 0 radical (unpaired) electrons. The van der Waals surface area contributed by atoms with E-state index in [1.165, 1.54) is 6.20 Å². The van der Waals surface area contributed by atoms with Gasteiger partial charge >= 0.3 is 5.69 Å². The average molecular weight is 384 g/mol. The Morgan fingerprint density at radius 3 is 2.63 bits per heavy atom. The van der Waals surface area contributed by atoms with Crippen LogP contribution in [0.1, 0.15) is 0 Å². The quantitative estimate of drug-likeness (QED) is 0.345. The molecule has 2 heterocycles. The second kappa shape index (κ2) is 5.32. The zero-order chi connectivity index (χ0) is 14.2. The lowest BCUT2D eigenvalue weighted by molar-refractivity contribution is -0.131. The van der Waals surface area contributed by atoms with Crippen LogP contribution in [0.15, 0.2) is 21.9 Å². The van der Waals surface area contributed by atoms with Crippen LogP contribution in [0.5, 0.6) is 0 Å². The molecule has 0 aliphatic carbocycles. The molecule has 1 aliphatic rings. The summed E-state index contributed by atoms with van der Waals surface area (Å²) >= 11 is 1.89. The van der Waals surface area contributed by atoms with Gasteiger partial charge in [-0.2, -0.15) is 0 Å². The number of aromatic nitrogens is 2. The summed E-state index contributed by atoms with van der Waals surface area (Å²) < 4.78 is 6.62. The van der Waals surface area contributed by atoms with E-state index in [-0.39, 0.29) is 4.43 Å². The van der Waals surface area contributed by atoms with Gasteiger partial charge < -0.3 is 20.1 Å². The van der Waals surface area contributed by atoms with Crippen LogP contribution in [-0.4, -0.2) is 54.2 Å². The number of aromatic amines is 1. The van der Waals surface area contributed by atoms with Gasteiger partial charge in [0.15, 0.2) is 5.72 Å². The third-order valence-corrected chi connectivity index (χ3v) is 4.22. The van der Waals surface area contributed by atoms with Crippen LogP contribution in [0.3, 0.4) is 0 Å². The van der Waals surface area contributed by atoms with Crippen molar-refractivity contribution in [3.8, 4) is 0 Å². The summed E-state index contributed by atoms with van der Waals surface area (Å²) in [5.41, 5.74) is -2.85. The standard InChI is InChI=1S/C10H13IN2O6/c11-4-10(8(17)7(16)5(3-14)19-10)13-2-1-6(15)12-9(13)18/h1-2,5,7-8,14,16-17H,3-4H2,(H,12,15,18)/t5-,7-,8-,10-/m1/s1. The number of ether oxygens (including phenoxy) is 1. The highest BCUT2D eigenvalue weighted by Gasteiger charge is 2.55. The molecule has 0 spiro atoms. The van der Waals surface area contributed by atoms with E-state index < -0.39 is 41.9 Å². The van der Waals surface area contributed by atoms with Gasteiger partial charge in [-0.25, -0.2) is 4.79 Å². The first kappa shape index (κ1) is 14.7. The number of aliphatic hydroxyl groups is 3. The molecule has 0 unspecified atom stereocenters. The second-order valence-corrected chi connectivity index (χ2v) is 5.00. The average Bonchev–Trinajstić information content (AvgIpc) is 2.64. The molecule has 0 amide bonds. The SMILES string of the molecule is O=c1ccn([C@]2(CI)O[C@H](CO)[C@@H](O)[C@H]2O)c(=O)[nH]1. The summed E-state index contributed by atoms with van der Waals surface area (Å²) in [5, 5.41) is 29.0. The normalized spacial score (nSPS) is 34.6. The monoisotopic (exact) mass is 384 g/mol. The van der Waals surface area contributed by atoms with E-state index in [0.29, 0.717) is 0 Å². The predicted molar refractivity (Wildman–Crippen MR) is 72.2 cm³/mol. The van der Waals surface area contributed by atoms with Crippen LogP contribution in [0.2, 0.25) is 0 Å². The van der Waals surface area contributed by atoms with Gasteiger partial charge in [-0.15, -0.1) is 0 Å². The number of halogens is 1. The van der Waals surface area contributed by atoms with E-state index in [0.717, 1.165) is 10.6 Å². The minimum absolute atomic E-state index is 0.144. The molecule has 4 N–H and O–H groups in total. The third kappa shape index (κ3) is 2.25. The minimum Gasteiger partial charge on any atom is -0.394 e. The molecule has 1 aromatic rings. The molecule has 1 aliphatic heterocycles. The highest BCUT2D eigenvalue weighted by atomic mass is 127. The number of rotatable bonds is 3. The van der Waals surface area contributed by atoms with Crippen molar-refractivity contribution in [2.75, 3.05) is 11.0 Å². The molecule has 0 saturated carbocycles. The van der Waals surface area contributed by atoms with Crippen LogP contribution in [0.4, 0.5) is 0 Å². The Morgan fingerprint density at radius 1 is 1.47 bits per heavy atom. The van der Waals surface area contributed by atoms with Gasteiger partial charge in [0.1, 0.15) is 18.3 Å². The number of nitrogens with zero attached hydrogens (tertiary/aromatic N) is 1. The largest absolute Gasteiger partial charge is 0.394 e. The molecule has 0 aromatic carbocycles. The van der Waals surface area contributed by atoms with Gasteiger partial charge in [-0.05, 0) is 0 Å². The van der Waals surface area contributed by atoms with E-state index in [1.807, 2.05) is 22.6 Å². The van der Waals surface area contributed by atoms with Crippen molar-refractivity contribution in [3.63, 3.8) is 0 Å². The molecular formula is C10H13IN2O6. The maximum Gasteiger partial charge on any atom is 0.330 e. The summed E-state index contributed by atoms with van der Waals surface area (Å²) in [6.07, 6.45) is -2.53. The third-order valence-electron chi connectivity index (χ3n) is 3.13. The Labute approximate surface area is 120 Å². The highest BCUT2D eigenvalue weighted by molar-refractivity contribution is 14.1. The molecule has 1 saturated heterocycles. The molecule has 19 heavy (non-hydrogen) atoms. The maximum absolute atomic E-state index is 11.8. The van der Waals surface area contributed by atoms with E-state index in [2.05, 4.69) is 4.98 Å². The molecule has 2 rings (SSSR count). The summed E-state index contributed by atoms with van der Waals surface area (Å²) in [7, 11) is 0. The van der Waals surface area contributed by atoms with Gasteiger partial charge in [-0.1, -0.05) is 22.6 Å². The Hall–Kier alpha value is -0.750. The number of H-pyrrole nitrogens is 1. The molecular weight excluding hydrogens is 371 g/mol. The lowest BCUT2D eigenvalue weighted by Crippen LogP contribution is -2.52. The fraction of sp³-hybridized carbons (Fsp3) is 0.600. The van der Waals surface area contributed by atoms with Crippen LogP contribution in [0, 0.1) is 0 Å². The predicted octanol–water partition coefficient (Wildman–Crippen LogP) is -2.26. The lowest BCUT2D eigenvalue weighted by atomic mass is 10.0. The molecule has 8 nitrogen and oxygen atoms in total. The van der Waals surface area contributed by atoms with Gasteiger partial charge in [0, 0.05) is 12.3 Å². The lowest BCUT2D eigenvalue weighted by Gasteiger charge is -2.31. The Morgan fingerprint density at radius 2 is 2.16 bits per heavy atom. The molecule has 106 valence electrons. The van der Waals surface area contributed by atoms with Crippen LogP contribution < -0.4 is 11.2 Å². The van der Waals surface area contributed by atoms with Crippen molar-refractivity contribution >= 4 is 22.6 Å². The first-order chi connectivity index (χ1) is 8.96. The molecule has 1 aromatic heterocycles. The molecule has 1 fully saturated rings. The summed E-state index contributed by atoms with van der Waals surface area (Å²) in [5.74, 6) is 0. The summed E-state index contributed by atoms with van der Waals surface area (Å²) in [6.45, 7) is -0.491. The summed E-state index contributed by atoms with van der Waals surface area (Å²) in [4.78, 5) is 24.9. The van der Waals surface area contributed by atoms with Crippen molar-refractivity contribution in [2.45, 2.75) is 24.0 Å². The van der Waals surface area contributed by atoms with Gasteiger partial charge in [0.25, 0.3) is 5.56 Å². The molecule has 9 heteroatoms. The molecule has 0 bridgehead atoms. The van der Waals surface area contributed by atoms with Crippen molar-refractivity contribution in [3.05, 3.63) is 33.1 Å². The number of hydrogen-bond acceptors (Lipinski definition) is 6. The minimum atomic E-state index is -1.52. The molecule has 4 atom stereocenters. The van der Waals surface area contributed by atoms with Gasteiger partial charge in [-0.3, -0.25) is 14.3 Å². The number of alkyl halides is 1. The van der Waals surface area contributed by atoms with E-state index in [1.54, 1.807) is 0 Å². The van der Waals surface area contributed by atoms with E-state index in [9.17, 15) is 19.8 Å². The number of aliphatic hydroxyl groups excluding tert-OH is 3. The van der Waals surface area contributed by atoms with Crippen molar-refractivity contribution in [1.82, 2.24) is 9.55 Å². The fourth-order valence-corrected chi connectivity index (χ4v) is 3.10. The smallest absolute Gasteiger partial charge is 0.330 e. The van der Waals surface area contributed by atoms with Crippen LogP contribution in [-0.2, 0) is 10.5 Å². The van der Waals surface area contributed by atoms with E-state index in [4.69, 9.17) is 9.84 Å². The maximum atomic E-state index is 11.8. The second-order valence-electron chi connectivity index (χ2n) is 4.23. The first-order valence-corrected chi connectivity index (χ1v) is 7.02. The number of nitrogens with one attached hydrogen (secondary N) is 1. The van der Waals surface area contributed by atoms with Gasteiger partial charge in [0.2, 0.25) is 0 Å². The Balaban J connectivity index is 2.55. The van der Waals surface area contributed by atoms with E-state index >= 15 is 0 Å². The Kier molecular flexibility index (Phi) is 4.11. The zero-order valence-corrected chi connectivity index (χ0v) is 11.9. The first-order valence-electron chi connectivity index (χ1n) is 5.49. The van der Waals surface area contributed by atoms with Crippen molar-refractivity contribution in [1.29, 1.82) is 0 Å². The Bertz CT molecular complexity index is 572. The van der Waals surface area contributed by atoms with Crippen LogP contribution >= 0.6 is 22.6 Å².